The predicted molar refractivity (Wildman–Crippen MR) is 86.6 cm³/mol. The normalized spacial score (nSPS) is 15.7. The van der Waals surface area contributed by atoms with Gasteiger partial charge in [0.2, 0.25) is 5.95 Å². The van der Waals surface area contributed by atoms with Crippen LogP contribution in [0.5, 0.6) is 0 Å². The van der Waals surface area contributed by atoms with Crippen molar-refractivity contribution in [2.75, 3.05) is 23.3 Å². The molecule has 1 aliphatic heterocycles. The van der Waals surface area contributed by atoms with Crippen LogP contribution in [0.4, 0.5) is 11.6 Å². The summed E-state index contributed by atoms with van der Waals surface area (Å²) < 4.78 is 5.01. The van der Waals surface area contributed by atoms with Crippen molar-refractivity contribution < 1.29 is 9.32 Å². The molecule has 0 radical (unpaired) electrons. The maximum Gasteiger partial charge on any atom is 0.261 e. The Morgan fingerprint density at radius 2 is 1.91 bits per heavy atom. The van der Waals surface area contributed by atoms with E-state index in [9.17, 15) is 4.79 Å². The van der Waals surface area contributed by atoms with Crippen LogP contribution < -0.4 is 10.2 Å². The van der Waals surface area contributed by atoms with Crippen LogP contribution in [0.25, 0.3) is 0 Å². The number of carbonyl (C=O) groups excluding carboxylic acids is 1. The lowest BCUT2D eigenvalue weighted by Gasteiger charge is -2.30. The molecule has 0 atom stereocenters. The second-order valence-electron chi connectivity index (χ2n) is 6.09. The second-order valence-corrected chi connectivity index (χ2v) is 6.09. The number of aromatic nitrogens is 3. The first-order valence-corrected chi connectivity index (χ1v) is 7.86. The summed E-state index contributed by atoms with van der Waals surface area (Å²) in [5.74, 6) is 1.72. The zero-order valence-electron chi connectivity index (χ0n) is 13.7. The van der Waals surface area contributed by atoms with Gasteiger partial charge < -0.3 is 14.7 Å². The molecule has 23 heavy (non-hydrogen) atoms. The van der Waals surface area contributed by atoms with Crippen molar-refractivity contribution in [1.82, 2.24) is 15.1 Å². The third-order valence-electron chi connectivity index (χ3n) is 4.22. The molecule has 1 amide bonds. The van der Waals surface area contributed by atoms with E-state index in [1.165, 1.54) is 0 Å². The minimum atomic E-state index is -0.260. The molecule has 2 aromatic heterocycles. The van der Waals surface area contributed by atoms with Gasteiger partial charge in [0, 0.05) is 13.1 Å². The molecule has 0 spiro atoms. The number of aryl methyl sites for hydroxylation is 2. The highest BCUT2D eigenvalue weighted by Gasteiger charge is 2.19. The van der Waals surface area contributed by atoms with Crippen LogP contribution in [0.15, 0.2) is 16.9 Å². The Hall–Kier alpha value is -2.44. The maximum atomic E-state index is 12.3. The van der Waals surface area contributed by atoms with Gasteiger partial charge in [0.15, 0.2) is 0 Å². The molecule has 0 aromatic carbocycles. The molecule has 0 bridgehead atoms. The third kappa shape index (κ3) is 3.33. The lowest BCUT2D eigenvalue weighted by molar-refractivity contribution is 0.102. The molecule has 0 unspecified atom stereocenters. The molecule has 7 heteroatoms. The van der Waals surface area contributed by atoms with E-state index in [0.29, 0.717) is 28.7 Å². The Morgan fingerprint density at radius 3 is 2.48 bits per heavy atom. The van der Waals surface area contributed by atoms with Crippen molar-refractivity contribution >= 4 is 17.5 Å². The molecule has 2 aromatic rings. The number of hydrogen-bond acceptors (Lipinski definition) is 6. The maximum absolute atomic E-state index is 12.3. The van der Waals surface area contributed by atoms with Crippen LogP contribution in [0.3, 0.4) is 0 Å². The minimum Gasteiger partial charge on any atom is -0.361 e. The lowest BCUT2D eigenvalue weighted by atomic mass is 10.00. The SMILES string of the molecule is Cc1noc(C)c1C(=O)Nc1cnc(N2CCC(C)CC2)nc1. The standard InChI is InChI=1S/C16H21N5O2/c1-10-4-6-21(7-5-10)16-17-8-13(9-18-16)19-15(22)14-11(2)20-23-12(14)3/h8-10H,4-7H2,1-3H3,(H,19,22). The third-order valence-corrected chi connectivity index (χ3v) is 4.22. The van der Waals surface area contributed by atoms with E-state index in [1.807, 2.05) is 0 Å². The Labute approximate surface area is 135 Å². The Bertz CT molecular complexity index is 667. The monoisotopic (exact) mass is 315 g/mol. The number of nitrogens with zero attached hydrogens (tertiary/aromatic N) is 4. The number of carbonyl (C=O) groups is 1. The number of piperidine rings is 1. The fraction of sp³-hybridized carbons (Fsp3) is 0.500. The summed E-state index contributed by atoms with van der Waals surface area (Å²) in [5, 5.41) is 6.57. The average molecular weight is 315 g/mol. The van der Waals surface area contributed by atoms with Crippen LogP contribution in [0, 0.1) is 19.8 Å². The van der Waals surface area contributed by atoms with Crippen molar-refractivity contribution in [3.63, 3.8) is 0 Å². The van der Waals surface area contributed by atoms with Crippen molar-refractivity contribution in [2.45, 2.75) is 33.6 Å². The van der Waals surface area contributed by atoms with E-state index in [1.54, 1.807) is 26.2 Å². The number of rotatable bonds is 3. The van der Waals surface area contributed by atoms with Gasteiger partial charge in [-0.25, -0.2) is 9.97 Å². The predicted octanol–water partition coefficient (Wildman–Crippen LogP) is 2.57. The first-order chi connectivity index (χ1) is 11.0. The molecule has 1 N–H and O–H groups in total. The zero-order chi connectivity index (χ0) is 16.4. The quantitative estimate of drug-likeness (QED) is 0.937. The van der Waals surface area contributed by atoms with Crippen LogP contribution in [0.2, 0.25) is 0 Å². The van der Waals surface area contributed by atoms with Gasteiger partial charge in [-0.15, -0.1) is 0 Å². The van der Waals surface area contributed by atoms with Gasteiger partial charge in [-0.05, 0) is 32.6 Å². The summed E-state index contributed by atoms with van der Waals surface area (Å²) in [6.45, 7) is 7.68. The van der Waals surface area contributed by atoms with E-state index in [0.717, 1.165) is 31.8 Å². The van der Waals surface area contributed by atoms with E-state index >= 15 is 0 Å². The highest BCUT2D eigenvalue weighted by Crippen LogP contribution is 2.20. The van der Waals surface area contributed by atoms with Gasteiger partial charge >= 0.3 is 0 Å². The molecule has 3 rings (SSSR count). The summed E-state index contributed by atoms with van der Waals surface area (Å²) in [6.07, 6.45) is 5.59. The van der Waals surface area contributed by atoms with Crippen molar-refractivity contribution in [2.24, 2.45) is 5.92 Å². The summed E-state index contributed by atoms with van der Waals surface area (Å²) >= 11 is 0. The average Bonchev–Trinajstić information content (AvgIpc) is 2.88. The minimum absolute atomic E-state index is 0.260. The zero-order valence-corrected chi connectivity index (χ0v) is 13.7. The van der Waals surface area contributed by atoms with Gasteiger partial charge in [0.1, 0.15) is 11.3 Å². The van der Waals surface area contributed by atoms with Crippen molar-refractivity contribution in [1.29, 1.82) is 0 Å². The number of hydrogen-bond donors (Lipinski definition) is 1. The van der Waals surface area contributed by atoms with Crippen molar-refractivity contribution in [3.05, 3.63) is 29.4 Å². The molecule has 1 fully saturated rings. The lowest BCUT2D eigenvalue weighted by Crippen LogP contribution is -2.34. The molecule has 1 saturated heterocycles. The van der Waals surface area contributed by atoms with E-state index in [-0.39, 0.29) is 5.91 Å². The van der Waals surface area contributed by atoms with Crippen LogP contribution >= 0.6 is 0 Å². The number of anilines is 2. The smallest absolute Gasteiger partial charge is 0.261 e. The molecule has 7 nitrogen and oxygen atoms in total. The Kier molecular flexibility index (Phi) is 4.27. The molecule has 0 aliphatic carbocycles. The van der Waals surface area contributed by atoms with Crippen LogP contribution in [-0.2, 0) is 0 Å². The van der Waals surface area contributed by atoms with E-state index in [4.69, 9.17) is 4.52 Å². The van der Waals surface area contributed by atoms with Crippen LogP contribution in [0.1, 0.15) is 41.6 Å². The van der Waals surface area contributed by atoms with Crippen molar-refractivity contribution in [3.8, 4) is 0 Å². The molecule has 1 aliphatic rings. The molecule has 122 valence electrons. The van der Waals surface area contributed by atoms with Gasteiger partial charge in [-0.2, -0.15) is 0 Å². The van der Waals surface area contributed by atoms with Gasteiger partial charge in [-0.1, -0.05) is 12.1 Å². The summed E-state index contributed by atoms with van der Waals surface area (Å²) in [6, 6.07) is 0. The van der Waals surface area contributed by atoms with Gasteiger partial charge in [-0.3, -0.25) is 4.79 Å². The number of amides is 1. The van der Waals surface area contributed by atoms with Gasteiger partial charge in [0.25, 0.3) is 5.91 Å². The molecule has 0 saturated carbocycles. The Morgan fingerprint density at radius 1 is 1.26 bits per heavy atom. The number of nitrogens with one attached hydrogen (secondary N) is 1. The summed E-state index contributed by atoms with van der Waals surface area (Å²) in [4.78, 5) is 23.2. The fourth-order valence-electron chi connectivity index (χ4n) is 2.76. The summed E-state index contributed by atoms with van der Waals surface area (Å²) in [5.41, 5.74) is 1.59. The van der Waals surface area contributed by atoms with E-state index < -0.39 is 0 Å². The molecular weight excluding hydrogens is 294 g/mol. The topological polar surface area (TPSA) is 84.2 Å². The van der Waals surface area contributed by atoms with Gasteiger partial charge in [0.05, 0.1) is 23.8 Å². The summed E-state index contributed by atoms with van der Waals surface area (Å²) in [7, 11) is 0. The fourth-order valence-corrected chi connectivity index (χ4v) is 2.76. The molecular formula is C16H21N5O2. The highest BCUT2D eigenvalue weighted by atomic mass is 16.5. The van der Waals surface area contributed by atoms with Crippen LogP contribution in [-0.4, -0.2) is 34.1 Å². The first-order valence-electron chi connectivity index (χ1n) is 7.86. The first kappa shape index (κ1) is 15.5. The highest BCUT2D eigenvalue weighted by molar-refractivity contribution is 6.05. The van der Waals surface area contributed by atoms with E-state index in [2.05, 4.69) is 32.3 Å². The Balaban J connectivity index is 1.67. The second kappa shape index (κ2) is 6.36. The molecule has 3 heterocycles. The largest absolute Gasteiger partial charge is 0.361 e.